The third-order valence-electron chi connectivity index (χ3n) is 1.64. The number of carbonyl (C=O) groups excluding carboxylic acids is 1. The molecule has 0 heterocycles. The molecule has 0 aliphatic heterocycles. The van der Waals surface area contributed by atoms with E-state index in [1.165, 1.54) is 13.0 Å². The van der Waals surface area contributed by atoms with Gasteiger partial charge in [0.15, 0.2) is 5.12 Å². The van der Waals surface area contributed by atoms with Crippen molar-refractivity contribution >= 4 is 23.0 Å². The zero-order valence-electron chi connectivity index (χ0n) is 8.17. The summed E-state index contributed by atoms with van der Waals surface area (Å²) in [6, 6.07) is 3.26. The first-order valence-corrected chi connectivity index (χ1v) is 5.33. The Kier molecular flexibility index (Phi) is 4.49. The largest absolute Gasteiger partial charge is 0.288 e. The predicted octanol–water partition coefficient (Wildman–Crippen LogP) is 3.26. The van der Waals surface area contributed by atoms with Gasteiger partial charge in [-0.25, -0.2) is 8.78 Å². The van der Waals surface area contributed by atoms with Crippen LogP contribution in [0.3, 0.4) is 0 Å². The number of hydrogen-bond donors (Lipinski definition) is 0. The molecular weight excluding hydrogens is 218 g/mol. The van der Waals surface area contributed by atoms with E-state index in [0.29, 0.717) is 5.75 Å². The zero-order chi connectivity index (χ0) is 11.3. The van der Waals surface area contributed by atoms with Gasteiger partial charge < -0.3 is 0 Å². The molecule has 0 atom stereocenters. The van der Waals surface area contributed by atoms with Gasteiger partial charge in [0, 0.05) is 18.2 Å². The van der Waals surface area contributed by atoms with E-state index in [-0.39, 0.29) is 10.7 Å². The average Bonchev–Trinajstić information content (AvgIpc) is 2.17. The molecule has 1 rings (SSSR count). The number of carbonyl (C=O) groups is 1. The van der Waals surface area contributed by atoms with Gasteiger partial charge in [-0.3, -0.25) is 4.79 Å². The number of hydrogen-bond acceptors (Lipinski definition) is 2. The maximum atomic E-state index is 13.1. The van der Waals surface area contributed by atoms with Crippen LogP contribution in [-0.2, 0) is 4.79 Å². The third kappa shape index (κ3) is 4.25. The average molecular weight is 228 g/mol. The molecule has 1 aromatic carbocycles. The Morgan fingerprint density at radius 3 is 2.87 bits per heavy atom. The van der Waals surface area contributed by atoms with Gasteiger partial charge in [0.05, 0.1) is 0 Å². The number of rotatable bonds is 3. The third-order valence-corrected chi connectivity index (χ3v) is 2.40. The van der Waals surface area contributed by atoms with Crippen molar-refractivity contribution in [3.8, 4) is 0 Å². The van der Waals surface area contributed by atoms with Crippen LogP contribution in [0.4, 0.5) is 8.78 Å². The maximum Gasteiger partial charge on any atom is 0.186 e. The molecule has 0 spiro atoms. The van der Waals surface area contributed by atoms with Crippen molar-refractivity contribution in [1.29, 1.82) is 0 Å². The lowest BCUT2D eigenvalue weighted by Gasteiger charge is -1.96. The molecule has 1 nitrogen and oxygen atoms in total. The van der Waals surface area contributed by atoms with Gasteiger partial charge in [-0.2, -0.15) is 0 Å². The van der Waals surface area contributed by atoms with E-state index >= 15 is 0 Å². The van der Waals surface area contributed by atoms with Crippen LogP contribution in [0.1, 0.15) is 12.5 Å². The van der Waals surface area contributed by atoms with Crippen molar-refractivity contribution in [2.45, 2.75) is 6.92 Å². The van der Waals surface area contributed by atoms with E-state index in [2.05, 4.69) is 0 Å². The van der Waals surface area contributed by atoms with Crippen LogP contribution >= 0.6 is 11.8 Å². The van der Waals surface area contributed by atoms with Gasteiger partial charge in [-0.05, 0) is 18.2 Å². The predicted molar refractivity (Wildman–Crippen MR) is 58.5 cm³/mol. The number of halogens is 2. The fraction of sp³-hybridized carbons (Fsp3) is 0.182. The summed E-state index contributed by atoms with van der Waals surface area (Å²) in [5.41, 5.74) is 0.194. The van der Waals surface area contributed by atoms with Crippen molar-refractivity contribution in [1.82, 2.24) is 0 Å². The molecule has 0 radical (unpaired) electrons. The van der Waals surface area contributed by atoms with E-state index in [1.54, 1.807) is 6.08 Å². The molecule has 0 saturated carbocycles. The minimum absolute atomic E-state index is 0.000589. The molecule has 4 heteroatoms. The van der Waals surface area contributed by atoms with Gasteiger partial charge in [0.1, 0.15) is 11.6 Å². The highest BCUT2D eigenvalue weighted by atomic mass is 32.2. The smallest absolute Gasteiger partial charge is 0.186 e. The lowest BCUT2D eigenvalue weighted by molar-refractivity contribution is -0.109. The minimum Gasteiger partial charge on any atom is -0.288 e. The van der Waals surface area contributed by atoms with Crippen molar-refractivity contribution in [2.75, 3.05) is 5.75 Å². The fourth-order valence-corrected chi connectivity index (χ4v) is 1.41. The quantitative estimate of drug-likeness (QED) is 0.789. The van der Waals surface area contributed by atoms with Crippen LogP contribution in [0.25, 0.3) is 6.08 Å². The fourth-order valence-electron chi connectivity index (χ4n) is 0.983. The Hall–Kier alpha value is -1.16. The highest BCUT2D eigenvalue weighted by Crippen LogP contribution is 2.12. The highest BCUT2D eigenvalue weighted by Gasteiger charge is 1.99. The molecule has 1 aromatic rings. The lowest BCUT2D eigenvalue weighted by atomic mass is 10.2. The molecule has 0 aliphatic rings. The summed E-state index contributed by atoms with van der Waals surface area (Å²) >= 11 is 1.12. The Bertz CT molecular complexity index is 388. The van der Waals surface area contributed by atoms with Crippen molar-refractivity contribution in [3.63, 3.8) is 0 Å². The van der Waals surface area contributed by atoms with E-state index in [0.717, 1.165) is 30.0 Å². The minimum atomic E-state index is -0.477. The maximum absolute atomic E-state index is 13.1. The Morgan fingerprint density at radius 1 is 1.47 bits per heavy atom. The molecule has 0 amide bonds. The van der Waals surface area contributed by atoms with Gasteiger partial charge >= 0.3 is 0 Å². The molecule has 0 fully saturated rings. The second-order valence-corrected chi connectivity index (χ2v) is 4.07. The summed E-state index contributed by atoms with van der Waals surface area (Å²) in [6.45, 7) is 1.46. The SMILES string of the molecule is CC(=O)SCC=Cc1cc(F)ccc1F. The van der Waals surface area contributed by atoms with Crippen LogP contribution in [0.15, 0.2) is 24.3 Å². The molecule has 0 N–H and O–H groups in total. The standard InChI is InChI=1S/C11H10F2OS/c1-8(14)15-6-2-3-9-7-10(12)4-5-11(9)13/h2-5,7H,6H2,1H3. The van der Waals surface area contributed by atoms with E-state index in [4.69, 9.17) is 0 Å². The van der Waals surface area contributed by atoms with E-state index < -0.39 is 11.6 Å². The summed E-state index contributed by atoms with van der Waals surface area (Å²) < 4.78 is 25.8. The lowest BCUT2D eigenvalue weighted by Crippen LogP contribution is -1.85. The van der Waals surface area contributed by atoms with Crippen molar-refractivity contribution < 1.29 is 13.6 Å². The monoisotopic (exact) mass is 228 g/mol. The number of benzene rings is 1. The first-order valence-electron chi connectivity index (χ1n) is 4.34. The second kappa shape index (κ2) is 5.66. The first kappa shape index (κ1) is 11.9. The summed E-state index contributed by atoms with van der Waals surface area (Å²) in [7, 11) is 0. The summed E-state index contributed by atoms with van der Waals surface area (Å²) in [6.07, 6.45) is 3.10. The Balaban J connectivity index is 2.63. The molecule has 0 bridgehead atoms. The molecule has 15 heavy (non-hydrogen) atoms. The summed E-state index contributed by atoms with van der Waals surface area (Å²) in [5.74, 6) is -0.485. The van der Waals surface area contributed by atoms with Crippen molar-refractivity contribution in [3.05, 3.63) is 41.5 Å². The van der Waals surface area contributed by atoms with Gasteiger partial charge in [-0.1, -0.05) is 23.9 Å². The molecule has 0 unspecified atom stereocenters. The second-order valence-electron chi connectivity index (χ2n) is 2.87. The molecule has 0 aliphatic carbocycles. The molecular formula is C11H10F2OS. The van der Waals surface area contributed by atoms with Crippen LogP contribution in [0.2, 0.25) is 0 Å². The summed E-state index contributed by atoms with van der Waals surface area (Å²) in [5, 5.41) is -0.000589. The molecule has 0 aromatic heterocycles. The van der Waals surface area contributed by atoms with E-state index in [1.807, 2.05) is 0 Å². The number of thioether (sulfide) groups is 1. The molecule has 80 valence electrons. The molecule has 0 saturated heterocycles. The first-order chi connectivity index (χ1) is 7.09. The Labute approximate surface area is 91.2 Å². The highest BCUT2D eigenvalue weighted by molar-refractivity contribution is 8.13. The normalized spacial score (nSPS) is 10.9. The summed E-state index contributed by atoms with van der Waals surface area (Å²) in [4.78, 5) is 10.6. The topological polar surface area (TPSA) is 17.1 Å². The van der Waals surface area contributed by atoms with Crippen molar-refractivity contribution in [2.24, 2.45) is 0 Å². The van der Waals surface area contributed by atoms with Crippen LogP contribution in [-0.4, -0.2) is 10.9 Å². The zero-order valence-corrected chi connectivity index (χ0v) is 8.98. The van der Waals surface area contributed by atoms with Crippen LogP contribution < -0.4 is 0 Å². The van der Waals surface area contributed by atoms with Gasteiger partial charge in [0.2, 0.25) is 0 Å². The van der Waals surface area contributed by atoms with Crippen LogP contribution in [0.5, 0.6) is 0 Å². The van der Waals surface area contributed by atoms with E-state index in [9.17, 15) is 13.6 Å². The van der Waals surface area contributed by atoms with Crippen LogP contribution in [0, 0.1) is 11.6 Å². The van der Waals surface area contributed by atoms with Gasteiger partial charge in [-0.15, -0.1) is 0 Å². The van der Waals surface area contributed by atoms with Gasteiger partial charge in [0.25, 0.3) is 0 Å². The Morgan fingerprint density at radius 2 is 2.20 bits per heavy atom.